The Labute approximate surface area is 178 Å². The van der Waals surface area contributed by atoms with Crippen molar-refractivity contribution >= 4 is 46.9 Å². The standard InChI is InChI=1S/C20H23N5O4S/c1-20(2,3)29-19(28)22-12-7-6-8-13(9-12)25-15(26)11-24(4)17(27)14-10-21-18(30-5)23-16(14)25/h6-10H,11H2,1-5H3,(H,22,28). The lowest BCUT2D eigenvalue weighted by molar-refractivity contribution is -0.118. The second kappa shape index (κ2) is 8.31. The Morgan fingerprint density at radius 2 is 2.00 bits per heavy atom. The van der Waals surface area contributed by atoms with Crippen LogP contribution in [0.25, 0.3) is 0 Å². The first kappa shape index (κ1) is 21.6. The van der Waals surface area contributed by atoms with Gasteiger partial charge in [0.05, 0.1) is 5.69 Å². The molecule has 1 aliphatic rings. The van der Waals surface area contributed by atoms with Gasteiger partial charge < -0.3 is 9.64 Å². The van der Waals surface area contributed by atoms with Crippen molar-refractivity contribution in [2.45, 2.75) is 31.5 Å². The zero-order valence-corrected chi connectivity index (χ0v) is 18.2. The van der Waals surface area contributed by atoms with Crippen LogP contribution >= 0.6 is 11.8 Å². The predicted octanol–water partition coefficient (Wildman–Crippen LogP) is 3.30. The summed E-state index contributed by atoms with van der Waals surface area (Å²) in [5, 5.41) is 3.10. The molecule has 3 amide bonds. The second-order valence-electron chi connectivity index (χ2n) is 7.66. The maximum absolute atomic E-state index is 13.0. The van der Waals surface area contributed by atoms with Gasteiger partial charge >= 0.3 is 6.09 Å². The second-order valence-corrected chi connectivity index (χ2v) is 8.43. The third-order valence-electron chi connectivity index (χ3n) is 4.09. The Morgan fingerprint density at radius 1 is 1.27 bits per heavy atom. The number of thioether (sulfide) groups is 1. The molecule has 2 heterocycles. The van der Waals surface area contributed by atoms with Crippen molar-refractivity contribution in [1.29, 1.82) is 0 Å². The summed E-state index contributed by atoms with van der Waals surface area (Å²) in [7, 11) is 1.55. The molecule has 1 aromatic heterocycles. The van der Waals surface area contributed by atoms with Crippen LogP contribution in [0.4, 0.5) is 22.0 Å². The van der Waals surface area contributed by atoms with E-state index in [0.29, 0.717) is 16.5 Å². The van der Waals surface area contributed by atoms with Crippen LogP contribution in [-0.2, 0) is 9.53 Å². The molecule has 1 aliphatic heterocycles. The molecule has 1 N–H and O–H groups in total. The Kier molecular flexibility index (Phi) is 5.97. The molecule has 0 unspecified atom stereocenters. The average Bonchev–Trinajstić information content (AvgIpc) is 2.74. The van der Waals surface area contributed by atoms with E-state index >= 15 is 0 Å². The molecular weight excluding hydrogens is 406 g/mol. The highest BCUT2D eigenvalue weighted by Gasteiger charge is 2.33. The van der Waals surface area contributed by atoms with Crippen LogP contribution < -0.4 is 10.2 Å². The average molecular weight is 430 g/mol. The largest absolute Gasteiger partial charge is 0.444 e. The topological polar surface area (TPSA) is 105 Å². The molecule has 0 atom stereocenters. The van der Waals surface area contributed by atoms with Crippen molar-refractivity contribution < 1.29 is 19.1 Å². The summed E-state index contributed by atoms with van der Waals surface area (Å²) >= 11 is 1.31. The number of carbonyl (C=O) groups is 3. The van der Waals surface area contributed by atoms with Gasteiger partial charge in [-0.1, -0.05) is 17.8 Å². The van der Waals surface area contributed by atoms with E-state index in [-0.39, 0.29) is 29.7 Å². The summed E-state index contributed by atoms with van der Waals surface area (Å²) in [6.07, 6.45) is 2.63. The van der Waals surface area contributed by atoms with Crippen molar-refractivity contribution in [2.24, 2.45) is 0 Å². The van der Waals surface area contributed by atoms with Gasteiger partial charge in [-0.15, -0.1) is 0 Å². The summed E-state index contributed by atoms with van der Waals surface area (Å²) in [5.41, 5.74) is 0.492. The zero-order chi connectivity index (χ0) is 22.1. The van der Waals surface area contributed by atoms with Gasteiger partial charge in [0.25, 0.3) is 11.8 Å². The number of benzene rings is 1. The van der Waals surface area contributed by atoms with E-state index in [1.54, 1.807) is 52.1 Å². The first-order valence-corrected chi connectivity index (χ1v) is 10.4. The summed E-state index contributed by atoms with van der Waals surface area (Å²) in [6.45, 7) is 5.19. The summed E-state index contributed by atoms with van der Waals surface area (Å²) in [4.78, 5) is 49.1. The third-order valence-corrected chi connectivity index (χ3v) is 4.65. The maximum Gasteiger partial charge on any atom is 0.412 e. The number of nitrogens with one attached hydrogen (secondary N) is 1. The predicted molar refractivity (Wildman–Crippen MR) is 114 cm³/mol. The Morgan fingerprint density at radius 3 is 2.67 bits per heavy atom. The molecule has 0 fully saturated rings. The fourth-order valence-electron chi connectivity index (χ4n) is 2.86. The molecule has 2 aromatic rings. The Hall–Kier alpha value is -3.14. The van der Waals surface area contributed by atoms with Crippen LogP contribution in [0.5, 0.6) is 0 Å². The van der Waals surface area contributed by atoms with Crippen LogP contribution in [0.15, 0.2) is 35.6 Å². The summed E-state index contributed by atoms with van der Waals surface area (Å²) in [5.74, 6) is -0.454. The van der Waals surface area contributed by atoms with Crippen molar-refractivity contribution in [3.63, 3.8) is 0 Å². The maximum atomic E-state index is 13.0. The molecule has 158 valence electrons. The fraction of sp³-hybridized carbons (Fsp3) is 0.350. The molecule has 3 rings (SSSR count). The van der Waals surface area contributed by atoms with Gasteiger partial charge in [0, 0.05) is 18.9 Å². The van der Waals surface area contributed by atoms with E-state index in [4.69, 9.17) is 4.74 Å². The number of amides is 3. The van der Waals surface area contributed by atoms with Crippen LogP contribution in [0.3, 0.4) is 0 Å². The number of ether oxygens (including phenoxy) is 1. The van der Waals surface area contributed by atoms with Crippen molar-refractivity contribution in [3.8, 4) is 0 Å². The number of anilines is 3. The lowest BCUT2D eigenvalue weighted by Crippen LogP contribution is -2.35. The highest BCUT2D eigenvalue weighted by Crippen LogP contribution is 2.32. The van der Waals surface area contributed by atoms with Crippen molar-refractivity contribution in [2.75, 3.05) is 30.1 Å². The zero-order valence-electron chi connectivity index (χ0n) is 17.4. The first-order valence-electron chi connectivity index (χ1n) is 9.18. The molecule has 9 nitrogen and oxygen atoms in total. The molecule has 0 spiro atoms. The van der Waals surface area contributed by atoms with Gasteiger partial charge in [0.2, 0.25) is 0 Å². The number of rotatable bonds is 3. The quantitative estimate of drug-likeness (QED) is 0.590. The van der Waals surface area contributed by atoms with Crippen LogP contribution in [0, 0.1) is 0 Å². The molecule has 1 aromatic carbocycles. The lowest BCUT2D eigenvalue weighted by atomic mass is 10.2. The number of likely N-dealkylation sites (N-methyl/N-ethyl adjacent to an activating group) is 1. The van der Waals surface area contributed by atoms with Gasteiger partial charge in [-0.25, -0.2) is 14.8 Å². The first-order chi connectivity index (χ1) is 14.1. The van der Waals surface area contributed by atoms with Gasteiger partial charge in [-0.3, -0.25) is 19.8 Å². The monoisotopic (exact) mass is 429 g/mol. The number of aromatic nitrogens is 2. The van der Waals surface area contributed by atoms with Gasteiger partial charge in [0.1, 0.15) is 17.7 Å². The SMILES string of the molecule is CSc1ncc2c(n1)N(c1cccc(NC(=O)OC(C)(C)C)c1)C(=O)CN(C)C2=O. The van der Waals surface area contributed by atoms with Crippen LogP contribution in [-0.4, -0.2) is 58.2 Å². The minimum Gasteiger partial charge on any atom is -0.444 e. The number of fused-ring (bicyclic) bond motifs is 1. The van der Waals surface area contributed by atoms with Gasteiger partial charge in [-0.2, -0.15) is 0 Å². The molecular formula is C20H23N5O4S. The highest BCUT2D eigenvalue weighted by atomic mass is 32.2. The summed E-state index contributed by atoms with van der Waals surface area (Å²) < 4.78 is 5.28. The van der Waals surface area contributed by atoms with Crippen molar-refractivity contribution in [3.05, 3.63) is 36.0 Å². The molecule has 10 heteroatoms. The van der Waals surface area contributed by atoms with E-state index in [1.165, 1.54) is 27.8 Å². The highest BCUT2D eigenvalue weighted by molar-refractivity contribution is 7.98. The molecule has 0 saturated carbocycles. The van der Waals surface area contributed by atoms with Gasteiger partial charge in [-0.05, 0) is 45.2 Å². The number of carbonyl (C=O) groups excluding carboxylic acids is 3. The number of nitrogens with zero attached hydrogens (tertiary/aromatic N) is 4. The van der Waals surface area contributed by atoms with E-state index in [0.717, 1.165) is 0 Å². The van der Waals surface area contributed by atoms with Crippen molar-refractivity contribution in [1.82, 2.24) is 14.9 Å². The molecule has 30 heavy (non-hydrogen) atoms. The third kappa shape index (κ3) is 4.70. The summed E-state index contributed by atoms with van der Waals surface area (Å²) in [6, 6.07) is 6.71. The van der Waals surface area contributed by atoms with E-state index in [9.17, 15) is 14.4 Å². The Balaban J connectivity index is 2.02. The van der Waals surface area contributed by atoms with E-state index < -0.39 is 11.7 Å². The van der Waals surface area contributed by atoms with Gasteiger partial charge in [0.15, 0.2) is 11.0 Å². The van der Waals surface area contributed by atoms with E-state index in [2.05, 4.69) is 15.3 Å². The number of hydrogen-bond donors (Lipinski definition) is 1. The molecule has 0 radical (unpaired) electrons. The molecule has 0 bridgehead atoms. The normalized spacial score (nSPS) is 14.3. The smallest absolute Gasteiger partial charge is 0.412 e. The minimum absolute atomic E-state index is 0.118. The van der Waals surface area contributed by atoms with Crippen LogP contribution in [0.1, 0.15) is 31.1 Å². The fourth-order valence-corrected chi connectivity index (χ4v) is 3.19. The Bertz CT molecular complexity index is 1000. The van der Waals surface area contributed by atoms with E-state index in [1.807, 2.05) is 6.26 Å². The lowest BCUT2D eigenvalue weighted by Gasteiger charge is -2.23. The number of hydrogen-bond acceptors (Lipinski definition) is 7. The minimum atomic E-state index is -0.641. The molecule has 0 saturated heterocycles. The molecule has 0 aliphatic carbocycles. The van der Waals surface area contributed by atoms with Crippen LogP contribution in [0.2, 0.25) is 0 Å².